The first-order valence-corrected chi connectivity index (χ1v) is 18.2. The quantitative estimate of drug-likeness (QED) is 0.358. The third kappa shape index (κ3) is 5.70. The van der Waals surface area contributed by atoms with Crippen molar-refractivity contribution in [3.8, 4) is 5.75 Å². The van der Waals surface area contributed by atoms with Crippen LogP contribution in [0, 0.1) is 23.2 Å². The van der Waals surface area contributed by atoms with Crippen molar-refractivity contribution in [3.63, 3.8) is 0 Å². The Morgan fingerprint density at radius 3 is 2.70 bits per heavy atom. The summed E-state index contributed by atoms with van der Waals surface area (Å²) in [6, 6.07) is 11.9. The number of hydrogen-bond donors (Lipinski definition) is 2. The van der Waals surface area contributed by atoms with Gasteiger partial charge in [-0.2, -0.15) is 0 Å². The summed E-state index contributed by atoms with van der Waals surface area (Å²) in [5.41, 5.74) is 3.62. The van der Waals surface area contributed by atoms with Crippen LogP contribution in [-0.4, -0.2) is 52.6 Å². The predicted molar refractivity (Wildman–Crippen MR) is 177 cm³/mol. The maximum absolute atomic E-state index is 13.7. The van der Waals surface area contributed by atoms with Crippen LogP contribution in [0.15, 0.2) is 36.4 Å². The van der Waals surface area contributed by atoms with Gasteiger partial charge in [-0.05, 0) is 122 Å². The van der Waals surface area contributed by atoms with E-state index in [1.807, 2.05) is 25.1 Å². The number of nitrogens with zero attached hydrogens (tertiary/aromatic N) is 1. The molecule has 1 saturated carbocycles. The molecular formula is C35H47ClN2O4S. The van der Waals surface area contributed by atoms with Crippen LogP contribution in [0.5, 0.6) is 5.75 Å². The van der Waals surface area contributed by atoms with Gasteiger partial charge in [-0.15, -0.1) is 0 Å². The second kappa shape index (κ2) is 11.6. The number of fused-ring (bicyclic) bond motifs is 4. The van der Waals surface area contributed by atoms with Crippen molar-refractivity contribution in [3.05, 3.63) is 58.1 Å². The lowest BCUT2D eigenvalue weighted by atomic mass is 9.58. The van der Waals surface area contributed by atoms with E-state index in [4.69, 9.17) is 16.3 Å². The Morgan fingerprint density at radius 1 is 1.14 bits per heavy atom. The second-order valence-corrected chi connectivity index (χ2v) is 17.1. The van der Waals surface area contributed by atoms with E-state index in [1.165, 1.54) is 11.1 Å². The van der Waals surface area contributed by atoms with E-state index in [0.29, 0.717) is 24.0 Å². The van der Waals surface area contributed by atoms with Crippen molar-refractivity contribution in [2.45, 2.75) is 82.8 Å². The molecule has 2 aliphatic heterocycles. The van der Waals surface area contributed by atoms with Crippen LogP contribution in [0.3, 0.4) is 0 Å². The van der Waals surface area contributed by atoms with Gasteiger partial charge < -0.3 is 14.7 Å². The number of aliphatic hydroxyl groups is 1. The Bertz CT molecular complexity index is 1490. The van der Waals surface area contributed by atoms with E-state index in [-0.39, 0.29) is 34.5 Å². The first kappa shape index (κ1) is 30.8. The monoisotopic (exact) mass is 626 g/mol. The molecule has 0 saturated heterocycles. The number of amides is 1. The summed E-state index contributed by atoms with van der Waals surface area (Å²) in [6.07, 6.45) is 8.09. The van der Waals surface area contributed by atoms with Crippen LogP contribution < -0.4 is 14.4 Å². The van der Waals surface area contributed by atoms with E-state index >= 15 is 0 Å². The predicted octanol–water partition coefficient (Wildman–Crippen LogP) is 6.41. The SMILES string of the molecule is C=S1(=O)NC(=O)c2ccc3c(c2)N(C[C@@H]2CC[C@H]2[C@](C)(CO)CCC[C@H](C)[C@H]1C)C[C@@]1(CCCc2cc(Cl)ccc21)CO3. The lowest BCUT2D eigenvalue weighted by Gasteiger charge is -2.50. The van der Waals surface area contributed by atoms with Gasteiger partial charge in [-0.3, -0.25) is 9.52 Å². The third-order valence-electron chi connectivity index (χ3n) is 11.5. The van der Waals surface area contributed by atoms with Crippen LogP contribution in [0.4, 0.5) is 5.69 Å². The highest BCUT2D eigenvalue weighted by molar-refractivity contribution is 7.99. The number of benzene rings is 2. The molecule has 2 bridgehead atoms. The Morgan fingerprint density at radius 2 is 1.95 bits per heavy atom. The zero-order valence-electron chi connectivity index (χ0n) is 25.9. The molecule has 0 radical (unpaired) electrons. The summed E-state index contributed by atoms with van der Waals surface area (Å²) in [6.45, 7) is 8.62. The maximum Gasteiger partial charge on any atom is 0.262 e. The maximum atomic E-state index is 13.7. The van der Waals surface area contributed by atoms with E-state index in [2.05, 4.69) is 41.5 Å². The summed E-state index contributed by atoms with van der Waals surface area (Å²) in [7, 11) is -2.88. The van der Waals surface area contributed by atoms with Gasteiger partial charge in [0.25, 0.3) is 5.91 Å². The number of aryl methyl sites for hydroxylation is 1. The second-order valence-electron chi connectivity index (χ2n) is 14.3. The van der Waals surface area contributed by atoms with Crippen molar-refractivity contribution in [1.29, 1.82) is 0 Å². The van der Waals surface area contributed by atoms with Gasteiger partial charge >= 0.3 is 0 Å². The zero-order valence-corrected chi connectivity index (χ0v) is 27.4. The fourth-order valence-corrected chi connectivity index (χ4v) is 10.1. The lowest BCUT2D eigenvalue weighted by molar-refractivity contribution is -0.0187. The van der Waals surface area contributed by atoms with Crippen LogP contribution in [0.25, 0.3) is 0 Å². The van der Waals surface area contributed by atoms with Gasteiger partial charge in [0.15, 0.2) is 0 Å². The van der Waals surface area contributed by atoms with Gasteiger partial charge in [-0.1, -0.05) is 37.9 Å². The molecule has 6 nitrogen and oxygen atoms in total. The summed E-state index contributed by atoms with van der Waals surface area (Å²) in [5, 5.41) is 11.2. The molecule has 234 valence electrons. The number of hydrogen-bond acceptors (Lipinski definition) is 5. The number of carbonyl (C=O) groups excluding carboxylic acids is 1. The standard InChI is InChI=1S/C35H47ClN2O4S/c1-23-7-5-15-34(3,21-39)29-12-9-27(29)19-38-20-35(16-6-8-25-17-28(36)11-13-30(25)35)22-42-32-14-10-26(18-31(32)38)33(40)37-43(4,41)24(23)2/h10-11,13-14,17-18,23-24,27,29,39H,4-9,12,15-16,19-22H2,1-3H3,(H,37,40,41)/t23-,24+,27-,29+,34-,35-,43?/m0/s1. The third-order valence-corrected chi connectivity index (χ3v) is 13.9. The number of nitrogens with one attached hydrogen (secondary N) is 1. The summed E-state index contributed by atoms with van der Waals surface area (Å²) < 4.78 is 23.2. The molecule has 2 heterocycles. The van der Waals surface area contributed by atoms with Crippen molar-refractivity contribution >= 4 is 38.8 Å². The van der Waals surface area contributed by atoms with Crippen molar-refractivity contribution in [2.24, 2.45) is 23.2 Å². The molecular weight excluding hydrogens is 580 g/mol. The van der Waals surface area contributed by atoms with Gasteiger partial charge in [0, 0.05) is 40.9 Å². The van der Waals surface area contributed by atoms with Gasteiger partial charge in [0.2, 0.25) is 0 Å². The molecule has 7 atom stereocenters. The van der Waals surface area contributed by atoms with Crippen molar-refractivity contribution in [2.75, 3.05) is 31.2 Å². The van der Waals surface area contributed by atoms with E-state index < -0.39 is 9.71 Å². The molecule has 4 aliphatic rings. The average Bonchev–Trinajstić information content (AvgIpc) is 3.11. The average molecular weight is 627 g/mol. The van der Waals surface area contributed by atoms with Gasteiger partial charge in [0.05, 0.1) is 22.0 Å². The van der Waals surface area contributed by atoms with E-state index in [1.54, 1.807) is 6.07 Å². The number of aliphatic hydroxyl groups excluding tert-OH is 1. The molecule has 1 fully saturated rings. The Hall–Kier alpha value is -2.22. The first-order valence-electron chi connectivity index (χ1n) is 16.0. The van der Waals surface area contributed by atoms with Gasteiger partial charge in [0.1, 0.15) is 5.75 Å². The highest BCUT2D eigenvalue weighted by atomic mass is 35.5. The molecule has 2 aliphatic carbocycles. The zero-order chi connectivity index (χ0) is 30.6. The van der Waals surface area contributed by atoms with Gasteiger partial charge in [-0.25, -0.2) is 4.21 Å². The highest BCUT2D eigenvalue weighted by Crippen LogP contribution is 2.51. The van der Waals surface area contributed by atoms with Crippen LogP contribution in [-0.2, 0) is 21.5 Å². The molecule has 6 rings (SSSR count). The van der Waals surface area contributed by atoms with Crippen LogP contribution in [0.2, 0.25) is 5.02 Å². The minimum atomic E-state index is -2.88. The molecule has 1 unspecified atom stereocenters. The molecule has 0 aromatic heterocycles. The van der Waals surface area contributed by atoms with E-state index in [0.717, 1.165) is 80.9 Å². The van der Waals surface area contributed by atoms with Crippen molar-refractivity contribution < 1.29 is 18.8 Å². The minimum Gasteiger partial charge on any atom is -0.490 e. The summed E-state index contributed by atoms with van der Waals surface area (Å²) in [4.78, 5) is 16.0. The molecule has 2 aromatic carbocycles. The first-order chi connectivity index (χ1) is 20.4. The number of ether oxygens (including phenoxy) is 1. The van der Waals surface area contributed by atoms with Crippen LogP contribution in [0.1, 0.15) is 87.2 Å². The summed E-state index contributed by atoms with van der Waals surface area (Å²) in [5.74, 6) is 5.39. The minimum absolute atomic E-state index is 0.124. The number of carbonyl (C=O) groups is 1. The lowest BCUT2D eigenvalue weighted by Crippen LogP contribution is -2.51. The largest absolute Gasteiger partial charge is 0.490 e. The molecule has 43 heavy (non-hydrogen) atoms. The number of anilines is 1. The Labute approximate surface area is 262 Å². The molecule has 1 amide bonds. The molecule has 8 heteroatoms. The molecule has 2 aromatic rings. The highest BCUT2D eigenvalue weighted by Gasteiger charge is 2.47. The Kier molecular flexibility index (Phi) is 8.31. The fraction of sp³-hybridized carbons (Fsp3) is 0.600. The fourth-order valence-electron chi connectivity index (χ4n) is 8.37. The smallest absolute Gasteiger partial charge is 0.262 e. The van der Waals surface area contributed by atoms with Crippen molar-refractivity contribution in [1.82, 2.24) is 4.72 Å². The Balaban J connectivity index is 1.43. The number of rotatable bonds is 1. The van der Waals surface area contributed by atoms with E-state index in [9.17, 15) is 14.1 Å². The molecule has 2 N–H and O–H groups in total. The normalized spacial score (nSPS) is 36.4. The van der Waals surface area contributed by atoms with Crippen LogP contribution >= 0.6 is 11.6 Å². The summed E-state index contributed by atoms with van der Waals surface area (Å²) >= 11 is 6.43. The topological polar surface area (TPSA) is 78.9 Å². The molecule has 1 spiro atoms. The number of halogens is 1.